The van der Waals surface area contributed by atoms with Crippen LogP contribution in [0.4, 0.5) is 27.9 Å². The molecule has 1 aliphatic heterocycles. The van der Waals surface area contributed by atoms with Gasteiger partial charge in [-0.15, -0.1) is 5.10 Å². The highest BCUT2D eigenvalue weighted by atomic mass is 35.5. The molecule has 0 bridgehead atoms. The molecule has 0 unspecified atom stereocenters. The topological polar surface area (TPSA) is 249 Å². The molecule has 2 aromatic carbocycles. The Labute approximate surface area is 295 Å². The van der Waals surface area contributed by atoms with Crippen LogP contribution < -0.4 is 25.4 Å². The summed E-state index contributed by atoms with van der Waals surface area (Å²) in [7, 11) is -3.53. The second kappa shape index (κ2) is 14.7. The summed E-state index contributed by atoms with van der Waals surface area (Å²) in [6.07, 6.45) is 1.86. The van der Waals surface area contributed by atoms with Crippen molar-refractivity contribution in [1.29, 1.82) is 10.5 Å². The zero-order chi connectivity index (χ0) is 36.3. The van der Waals surface area contributed by atoms with E-state index in [1.807, 2.05) is 4.90 Å². The van der Waals surface area contributed by atoms with Gasteiger partial charge in [-0.2, -0.15) is 20.0 Å². The van der Waals surface area contributed by atoms with Gasteiger partial charge in [-0.1, -0.05) is 23.7 Å². The SMILES string of the molecule is COC(=O)N[C@H]1CCN(c2cc(C#N)cc(Nc3nc(NC4CC4)c4ncc(C#N)n4n3)c2Cl)C[C@@H]1OC(=O)Cc1ccc(OP(=O)(O)O)cc1. The van der Waals surface area contributed by atoms with Crippen LogP contribution >= 0.6 is 19.4 Å². The van der Waals surface area contributed by atoms with Crippen LogP contribution in [0.3, 0.4) is 0 Å². The number of carbonyl (C=O) groups is 2. The molecule has 51 heavy (non-hydrogen) atoms. The molecule has 5 N–H and O–H groups in total. The van der Waals surface area contributed by atoms with E-state index in [9.17, 15) is 24.7 Å². The molecule has 0 radical (unpaired) electrons. The number of phosphoric acid groups is 1. The van der Waals surface area contributed by atoms with E-state index in [1.54, 1.807) is 6.07 Å². The second-order valence-corrected chi connectivity index (χ2v) is 13.2. The van der Waals surface area contributed by atoms with Gasteiger partial charge in [-0.05, 0) is 49.1 Å². The third-order valence-electron chi connectivity index (χ3n) is 7.99. The predicted octanol–water partition coefficient (Wildman–Crippen LogP) is 3.40. The number of halogens is 1. The zero-order valence-electron chi connectivity index (χ0n) is 26.8. The summed E-state index contributed by atoms with van der Waals surface area (Å²) in [5, 5.41) is 33.3. The number of phosphoric ester groups is 1. The van der Waals surface area contributed by atoms with Gasteiger partial charge in [0, 0.05) is 12.6 Å². The summed E-state index contributed by atoms with van der Waals surface area (Å²) >= 11 is 6.95. The average molecular weight is 737 g/mol. The molecule has 18 nitrogen and oxygen atoms in total. The van der Waals surface area contributed by atoms with E-state index < -0.39 is 32.0 Å². The number of benzene rings is 2. The van der Waals surface area contributed by atoms with Crippen molar-refractivity contribution in [2.75, 3.05) is 35.7 Å². The molecule has 0 spiro atoms. The molecule has 1 amide bonds. The maximum Gasteiger partial charge on any atom is 0.524 e. The van der Waals surface area contributed by atoms with E-state index in [0.29, 0.717) is 41.4 Å². The molecule has 1 saturated carbocycles. The smallest absolute Gasteiger partial charge is 0.458 e. The van der Waals surface area contributed by atoms with E-state index in [4.69, 9.17) is 30.9 Å². The Morgan fingerprint density at radius 3 is 2.57 bits per heavy atom. The minimum Gasteiger partial charge on any atom is -0.458 e. The minimum absolute atomic E-state index is 0.0714. The van der Waals surface area contributed by atoms with Crippen LogP contribution in [0, 0.1) is 22.7 Å². The monoisotopic (exact) mass is 736 g/mol. The summed E-state index contributed by atoms with van der Waals surface area (Å²) in [6, 6.07) is 12.5. The second-order valence-electron chi connectivity index (χ2n) is 11.7. The number of nitrogens with zero attached hydrogens (tertiary/aromatic N) is 7. The summed E-state index contributed by atoms with van der Waals surface area (Å²) in [4.78, 5) is 54.0. The number of piperidine rings is 1. The fraction of sp³-hybridized carbons (Fsp3) is 0.323. The summed E-state index contributed by atoms with van der Waals surface area (Å²) in [5.41, 5.74) is 2.06. The Hall–Kier alpha value is -5.65. The van der Waals surface area contributed by atoms with Crippen LogP contribution in [0.2, 0.25) is 5.02 Å². The Bertz CT molecular complexity index is 2110. The third kappa shape index (κ3) is 8.57. The Morgan fingerprint density at radius 2 is 1.90 bits per heavy atom. The largest absolute Gasteiger partial charge is 0.524 e. The lowest BCUT2D eigenvalue weighted by molar-refractivity contribution is -0.149. The van der Waals surface area contributed by atoms with Crippen LogP contribution in [0.25, 0.3) is 5.65 Å². The third-order valence-corrected chi connectivity index (χ3v) is 8.84. The van der Waals surface area contributed by atoms with Gasteiger partial charge in [-0.3, -0.25) is 14.6 Å². The molecule has 1 saturated heterocycles. The maximum atomic E-state index is 13.1. The van der Waals surface area contributed by atoms with E-state index >= 15 is 0 Å². The van der Waals surface area contributed by atoms with Gasteiger partial charge in [-0.25, -0.2) is 14.3 Å². The van der Waals surface area contributed by atoms with Crippen LogP contribution in [0.1, 0.15) is 36.1 Å². The van der Waals surface area contributed by atoms with Crippen molar-refractivity contribution < 1.29 is 37.9 Å². The number of aromatic nitrogens is 4. The first-order valence-corrected chi connectivity index (χ1v) is 17.4. The summed E-state index contributed by atoms with van der Waals surface area (Å²) in [5.74, 6) is -0.190. The predicted molar refractivity (Wildman–Crippen MR) is 180 cm³/mol. The van der Waals surface area contributed by atoms with Crippen molar-refractivity contribution in [3.05, 3.63) is 64.4 Å². The van der Waals surface area contributed by atoms with Crippen molar-refractivity contribution in [2.24, 2.45) is 0 Å². The molecule has 2 atom stereocenters. The fourth-order valence-electron chi connectivity index (χ4n) is 5.46. The number of amides is 1. The highest BCUT2D eigenvalue weighted by Crippen LogP contribution is 2.39. The highest BCUT2D eigenvalue weighted by Gasteiger charge is 2.35. The molecule has 264 valence electrons. The van der Waals surface area contributed by atoms with E-state index in [0.717, 1.165) is 12.8 Å². The van der Waals surface area contributed by atoms with Crippen LogP contribution in [0.15, 0.2) is 42.6 Å². The lowest BCUT2D eigenvalue weighted by Gasteiger charge is -2.39. The van der Waals surface area contributed by atoms with Crippen molar-refractivity contribution in [3.63, 3.8) is 0 Å². The number of carbonyl (C=O) groups excluding carboxylic acids is 2. The van der Waals surface area contributed by atoms with Crippen molar-refractivity contribution in [1.82, 2.24) is 24.9 Å². The Kier molecular flexibility index (Phi) is 10.1. The highest BCUT2D eigenvalue weighted by molar-refractivity contribution is 7.46. The summed E-state index contributed by atoms with van der Waals surface area (Å²) < 4.78 is 27.6. The number of nitriles is 2. The molecule has 4 aromatic rings. The lowest BCUT2D eigenvalue weighted by atomic mass is 10.00. The van der Waals surface area contributed by atoms with Gasteiger partial charge >= 0.3 is 19.9 Å². The molecular formula is C31H30ClN10O8P. The number of alkyl carbamates (subject to hydrolysis) is 1. The van der Waals surface area contributed by atoms with Gasteiger partial charge in [0.1, 0.15) is 17.9 Å². The van der Waals surface area contributed by atoms with Gasteiger partial charge in [0.2, 0.25) is 5.95 Å². The fourth-order valence-corrected chi connectivity index (χ4v) is 6.13. The molecule has 6 rings (SSSR count). The number of hydrogen-bond acceptors (Lipinski definition) is 14. The van der Waals surface area contributed by atoms with Gasteiger partial charge in [0.15, 0.2) is 17.2 Å². The number of nitrogens with one attached hydrogen (secondary N) is 3. The Morgan fingerprint density at radius 1 is 1.14 bits per heavy atom. The van der Waals surface area contributed by atoms with Crippen LogP contribution in [-0.2, 0) is 25.3 Å². The molecule has 3 heterocycles. The number of methoxy groups -OCH3 is 1. The first kappa shape index (κ1) is 35.2. The number of fused-ring (bicyclic) bond motifs is 1. The molecule has 1 aliphatic carbocycles. The standard InChI is InChI=1S/C31H30ClN10O8P/c1-48-31(44)38-22-8-9-41(16-25(22)49-26(43)12-17-2-6-21(7-3-17)50-51(45,46)47)24-11-18(13-33)10-23(27(24)32)37-30-39-28(36-19-4-5-19)29-35-15-20(14-34)42(29)40-30/h2-3,6-7,10-11,15,19,22,25H,4-5,8-9,12,16H2,1H3,(H,38,44)(H2,45,46,47)(H2,36,37,39,40)/t22-,25-/m0/s1. The lowest BCUT2D eigenvalue weighted by Crippen LogP contribution is -2.56. The molecular weight excluding hydrogens is 707 g/mol. The van der Waals surface area contributed by atoms with Crippen molar-refractivity contribution in [3.8, 4) is 17.9 Å². The number of hydrogen-bond donors (Lipinski definition) is 5. The quantitative estimate of drug-likeness (QED) is 0.109. The van der Waals surface area contributed by atoms with E-state index in [2.05, 4.69) is 47.7 Å². The van der Waals surface area contributed by atoms with E-state index in [1.165, 1.54) is 48.2 Å². The molecule has 2 aliphatic rings. The van der Waals surface area contributed by atoms with Gasteiger partial charge in [0.05, 0.1) is 60.3 Å². The molecule has 20 heteroatoms. The van der Waals surface area contributed by atoms with Gasteiger partial charge in [0.25, 0.3) is 0 Å². The van der Waals surface area contributed by atoms with E-state index in [-0.39, 0.29) is 47.0 Å². The normalized spacial score (nSPS) is 17.2. The van der Waals surface area contributed by atoms with Crippen LogP contribution in [0.5, 0.6) is 5.75 Å². The van der Waals surface area contributed by atoms with Crippen LogP contribution in [-0.4, -0.2) is 79.8 Å². The molecule has 2 fully saturated rings. The number of imidazole rings is 1. The number of ether oxygens (including phenoxy) is 2. The maximum absolute atomic E-state index is 13.1. The van der Waals surface area contributed by atoms with Crippen molar-refractivity contribution >= 4 is 60.3 Å². The Balaban J connectivity index is 1.24. The average Bonchev–Trinajstić information content (AvgIpc) is 3.82. The molecule has 2 aromatic heterocycles. The number of esters is 1. The minimum atomic E-state index is -4.75. The first-order chi connectivity index (χ1) is 24.4. The van der Waals surface area contributed by atoms with Crippen molar-refractivity contribution in [2.45, 2.75) is 43.9 Å². The number of rotatable bonds is 11. The first-order valence-electron chi connectivity index (χ1n) is 15.5. The summed E-state index contributed by atoms with van der Waals surface area (Å²) in [6.45, 7) is 0.415. The number of anilines is 4. The zero-order valence-corrected chi connectivity index (χ0v) is 28.5. The van der Waals surface area contributed by atoms with Gasteiger partial charge < -0.3 is 34.8 Å².